The van der Waals surface area contributed by atoms with E-state index in [1.807, 2.05) is 42.5 Å². The van der Waals surface area contributed by atoms with Crippen LogP contribution in [0.15, 0.2) is 42.5 Å². The molecular formula is C20H14N2O3. The van der Waals surface area contributed by atoms with E-state index >= 15 is 0 Å². The Bertz CT molecular complexity index is 1060. The fourth-order valence-corrected chi connectivity index (χ4v) is 2.81. The second-order valence-electron chi connectivity index (χ2n) is 5.38. The van der Waals surface area contributed by atoms with Crippen molar-refractivity contribution < 1.29 is 14.6 Å². The first-order valence-corrected chi connectivity index (χ1v) is 7.45. The van der Waals surface area contributed by atoms with Gasteiger partial charge < -0.3 is 14.6 Å². The highest BCUT2D eigenvalue weighted by atomic mass is 16.5. The van der Waals surface area contributed by atoms with Gasteiger partial charge in [0.1, 0.15) is 17.4 Å². The average molecular weight is 330 g/mol. The number of hydrogen-bond donors (Lipinski definition) is 1. The fraction of sp³-hybridized carbons (Fsp3) is 0.100. The highest BCUT2D eigenvalue weighted by Gasteiger charge is 2.20. The molecule has 0 aliphatic carbocycles. The van der Waals surface area contributed by atoms with Gasteiger partial charge in [0.05, 0.1) is 25.9 Å². The van der Waals surface area contributed by atoms with Gasteiger partial charge in [-0.05, 0) is 34.5 Å². The zero-order chi connectivity index (χ0) is 18.0. The van der Waals surface area contributed by atoms with Crippen LogP contribution in [0.1, 0.15) is 11.1 Å². The van der Waals surface area contributed by atoms with Crippen molar-refractivity contribution in [2.24, 2.45) is 0 Å². The Morgan fingerprint density at radius 3 is 2.24 bits per heavy atom. The zero-order valence-electron chi connectivity index (χ0n) is 13.7. The van der Waals surface area contributed by atoms with Gasteiger partial charge in [-0.25, -0.2) is 0 Å². The maximum absolute atomic E-state index is 10.3. The van der Waals surface area contributed by atoms with Crippen molar-refractivity contribution in [1.29, 1.82) is 10.5 Å². The Morgan fingerprint density at radius 1 is 0.880 bits per heavy atom. The highest BCUT2D eigenvalue weighted by Crippen LogP contribution is 2.40. The third-order valence-electron chi connectivity index (χ3n) is 4.05. The number of aromatic hydroxyl groups is 1. The summed E-state index contributed by atoms with van der Waals surface area (Å²) in [4.78, 5) is 0. The summed E-state index contributed by atoms with van der Waals surface area (Å²) >= 11 is 0. The Kier molecular flexibility index (Phi) is 4.16. The van der Waals surface area contributed by atoms with E-state index in [1.165, 1.54) is 13.2 Å². The van der Waals surface area contributed by atoms with Crippen LogP contribution in [0.25, 0.3) is 21.9 Å². The summed E-state index contributed by atoms with van der Waals surface area (Å²) in [5.74, 6) is 0.578. The van der Waals surface area contributed by atoms with Gasteiger partial charge in [-0.2, -0.15) is 10.5 Å². The maximum atomic E-state index is 10.3. The lowest BCUT2D eigenvalue weighted by Gasteiger charge is -2.13. The van der Waals surface area contributed by atoms with Crippen LogP contribution in [0.4, 0.5) is 0 Å². The summed E-state index contributed by atoms with van der Waals surface area (Å²) in [5, 5.41) is 31.1. The molecule has 0 fully saturated rings. The molecule has 0 atom stereocenters. The summed E-state index contributed by atoms with van der Waals surface area (Å²) in [6, 6.07) is 16.7. The number of nitriles is 2. The number of phenolic OH excluding ortho intramolecular Hbond substituents is 1. The second kappa shape index (κ2) is 6.43. The third-order valence-corrected chi connectivity index (χ3v) is 4.05. The molecule has 0 saturated heterocycles. The van der Waals surface area contributed by atoms with Crippen LogP contribution in [0, 0.1) is 22.7 Å². The molecule has 0 aliphatic heterocycles. The predicted octanol–water partition coefficient (Wildman–Crippen LogP) is 3.97. The first-order chi connectivity index (χ1) is 12.1. The molecule has 0 unspecified atom stereocenters. The Morgan fingerprint density at radius 2 is 1.60 bits per heavy atom. The zero-order valence-corrected chi connectivity index (χ0v) is 13.7. The van der Waals surface area contributed by atoms with E-state index in [0.717, 1.165) is 16.5 Å². The summed E-state index contributed by atoms with van der Waals surface area (Å²) in [6.07, 6.45) is 0. The molecule has 3 aromatic rings. The van der Waals surface area contributed by atoms with E-state index in [1.54, 1.807) is 7.11 Å². The molecule has 5 nitrogen and oxygen atoms in total. The van der Waals surface area contributed by atoms with Gasteiger partial charge in [-0.3, -0.25) is 0 Å². The number of hydrogen-bond acceptors (Lipinski definition) is 5. The second-order valence-corrected chi connectivity index (χ2v) is 5.38. The minimum absolute atomic E-state index is 0.0174. The average Bonchev–Trinajstić information content (AvgIpc) is 2.66. The maximum Gasteiger partial charge on any atom is 0.176 e. The molecule has 25 heavy (non-hydrogen) atoms. The van der Waals surface area contributed by atoms with E-state index in [9.17, 15) is 15.6 Å². The topological polar surface area (TPSA) is 86.3 Å². The monoisotopic (exact) mass is 330 g/mol. The van der Waals surface area contributed by atoms with Crippen LogP contribution >= 0.6 is 0 Å². The van der Waals surface area contributed by atoms with Crippen molar-refractivity contribution in [3.63, 3.8) is 0 Å². The predicted molar refractivity (Wildman–Crippen MR) is 93.6 cm³/mol. The third kappa shape index (κ3) is 2.69. The van der Waals surface area contributed by atoms with Crippen molar-refractivity contribution >= 4 is 10.8 Å². The van der Waals surface area contributed by atoms with Crippen molar-refractivity contribution in [2.75, 3.05) is 14.2 Å². The molecule has 122 valence electrons. The fourth-order valence-electron chi connectivity index (χ4n) is 2.81. The smallest absolute Gasteiger partial charge is 0.176 e. The number of phenols is 1. The van der Waals surface area contributed by atoms with Crippen LogP contribution in [-0.4, -0.2) is 19.3 Å². The van der Waals surface area contributed by atoms with E-state index in [0.29, 0.717) is 11.1 Å². The number of ether oxygens (including phenoxy) is 2. The van der Waals surface area contributed by atoms with E-state index in [-0.39, 0.29) is 22.6 Å². The molecule has 0 heterocycles. The lowest BCUT2D eigenvalue weighted by molar-refractivity contribution is 0.373. The molecule has 0 aromatic heterocycles. The quantitative estimate of drug-likeness (QED) is 0.785. The molecule has 5 heteroatoms. The largest absolute Gasteiger partial charge is 0.503 e. The molecule has 0 aliphatic rings. The number of methoxy groups -OCH3 is 2. The van der Waals surface area contributed by atoms with Crippen molar-refractivity contribution in [3.05, 3.63) is 53.6 Å². The SMILES string of the molecule is COc1ccc2cc(-c3c(C#N)cc(OC)c(O)c3C#N)ccc2c1. The Hall–Kier alpha value is -3.70. The minimum Gasteiger partial charge on any atom is -0.503 e. The molecule has 1 N–H and O–H groups in total. The number of nitrogens with zero attached hydrogens (tertiary/aromatic N) is 2. The number of benzene rings is 3. The van der Waals surface area contributed by atoms with Gasteiger partial charge in [0, 0.05) is 11.6 Å². The number of rotatable bonds is 3. The van der Waals surface area contributed by atoms with E-state index in [2.05, 4.69) is 6.07 Å². The lowest BCUT2D eigenvalue weighted by atomic mass is 9.92. The molecule has 0 amide bonds. The Labute approximate surface area is 144 Å². The molecule has 3 aromatic carbocycles. The molecule has 3 rings (SSSR count). The molecule has 0 bridgehead atoms. The Balaban J connectivity index is 2.29. The molecular weight excluding hydrogens is 316 g/mol. The van der Waals surface area contributed by atoms with Crippen LogP contribution in [-0.2, 0) is 0 Å². The number of fused-ring (bicyclic) bond motifs is 1. The van der Waals surface area contributed by atoms with Gasteiger partial charge >= 0.3 is 0 Å². The summed E-state index contributed by atoms with van der Waals surface area (Å²) in [6.45, 7) is 0. The first-order valence-electron chi connectivity index (χ1n) is 7.45. The van der Waals surface area contributed by atoms with E-state index in [4.69, 9.17) is 9.47 Å². The van der Waals surface area contributed by atoms with Gasteiger partial charge in [-0.15, -0.1) is 0 Å². The van der Waals surface area contributed by atoms with Gasteiger partial charge in [0.25, 0.3) is 0 Å². The summed E-state index contributed by atoms with van der Waals surface area (Å²) in [5.41, 5.74) is 1.34. The molecule has 0 spiro atoms. The van der Waals surface area contributed by atoms with Crippen LogP contribution in [0.3, 0.4) is 0 Å². The lowest BCUT2D eigenvalue weighted by Crippen LogP contribution is -1.95. The molecule has 0 radical (unpaired) electrons. The van der Waals surface area contributed by atoms with Crippen LogP contribution < -0.4 is 9.47 Å². The van der Waals surface area contributed by atoms with Crippen molar-refractivity contribution in [2.45, 2.75) is 0 Å². The highest BCUT2D eigenvalue weighted by molar-refractivity contribution is 5.91. The van der Waals surface area contributed by atoms with Crippen molar-refractivity contribution in [1.82, 2.24) is 0 Å². The van der Waals surface area contributed by atoms with Crippen molar-refractivity contribution in [3.8, 4) is 40.5 Å². The summed E-state index contributed by atoms with van der Waals surface area (Å²) < 4.78 is 10.3. The van der Waals surface area contributed by atoms with E-state index < -0.39 is 0 Å². The van der Waals surface area contributed by atoms with Crippen LogP contribution in [0.2, 0.25) is 0 Å². The van der Waals surface area contributed by atoms with Gasteiger partial charge in [0.15, 0.2) is 11.5 Å². The summed E-state index contributed by atoms with van der Waals surface area (Å²) in [7, 11) is 2.98. The van der Waals surface area contributed by atoms with Gasteiger partial charge in [-0.1, -0.05) is 18.2 Å². The normalized spacial score (nSPS) is 10.1. The molecule has 0 saturated carbocycles. The minimum atomic E-state index is -0.270. The van der Waals surface area contributed by atoms with Crippen LogP contribution in [0.5, 0.6) is 17.2 Å². The standard InChI is InChI=1S/C20H14N2O3/c1-24-16-6-5-12-7-14(4-3-13(12)8-16)19-15(10-21)9-18(25-2)20(23)17(19)11-22/h3-9,23H,1-2H3. The first kappa shape index (κ1) is 16.2. The van der Waals surface area contributed by atoms with Gasteiger partial charge in [0.2, 0.25) is 0 Å².